The van der Waals surface area contributed by atoms with Crippen LogP contribution in [0.3, 0.4) is 0 Å². The number of pyridine rings is 1. The summed E-state index contributed by atoms with van der Waals surface area (Å²) < 4.78 is 5.58. The first kappa shape index (κ1) is 11.1. The molecule has 3 heteroatoms. The SMILES string of the molecule is CC1CC(C(Br)Cc2ccncc2)CO1. The van der Waals surface area contributed by atoms with Gasteiger partial charge in [0.2, 0.25) is 0 Å². The van der Waals surface area contributed by atoms with Crippen LogP contribution in [0.15, 0.2) is 24.5 Å². The summed E-state index contributed by atoms with van der Waals surface area (Å²) in [5.41, 5.74) is 1.34. The van der Waals surface area contributed by atoms with Gasteiger partial charge in [-0.2, -0.15) is 0 Å². The Bertz CT molecular complexity index is 304. The van der Waals surface area contributed by atoms with Crippen LogP contribution in [0, 0.1) is 5.92 Å². The van der Waals surface area contributed by atoms with Crippen LogP contribution in [0.1, 0.15) is 18.9 Å². The van der Waals surface area contributed by atoms with E-state index in [9.17, 15) is 0 Å². The van der Waals surface area contributed by atoms with Gasteiger partial charge >= 0.3 is 0 Å². The molecule has 0 radical (unpaired) electrons. The first-order valence-electron chi connectivity index (χ1n) is 5.40. The second kappa shape index (κ2) is 5.08. The summed E-state index contributed by atoms with van der Waals surface area (Å²) in [6.45, 7) is 3.04. The molecule has 2 rings (SSSR count). The molecular formula is C12H16BrNO. The van der Waals surface area contributed by atoms with Crippen LogP contribution < -0.4 is 0 Å². The molecular weight excluding hydrogens is 254 g/mol. The van der Waals surface area contributed by atoms with Gasteiger partial charge in [0.05, 0.1) is 12.7 Å². The highest BCUT2D eigenvalue weighted by Gasteiger charge is 2.27. The van der Waals surface area contributed by atoms with Crippen LogP contribution in [0.4, 0.5) is 0 Å². The Morgan fingerprint density at radius 2 is 2.27 bits per heavy atom. The van der Waals surface area contributed by atoms with Crippen LogP contribution in [-0.4, -0.2) is 22.5 Å². The second-order valence-corrected chi connectivity index (χ2v) is 5.39. The predicted octanol–water partition coefficient (Wildman–Crippen LogP) is 2.81. The Balaban J connectivity index is 1.90. The molecule has 2 heterocycles. The number of hydrogen-bond donors (Lipinski definition) is 0. The molecule has 1 aliphatic rings. The molecule has 0 saturated carbocycles. The third-order valence-electron chi connectivity index (χ3n) is 2.92. The summed E-state index contributed by atoms with van der Waals surface area (Å²) in [5, 5.41) is 0. The predicted molar refractivity (Wildman–Crippen MR) is 64.2 cm³/mol. The Kier molecular flexibility index (Phi) is 3.76. The van der Waals surface area contributed by atoms with Gasteiger partial charge in [-0.15, -0.1) is 0 Å². The summed E-state index contributed by atoms with van der Waals surface area (Å²) in [5.74, 6) is 0.646. The van der Waals surface area contributed by atoms with Crippen molar-refractivity contribution in [1.82, 2.24) is 4.98 Å². The summed E-state index contributed by atoms with van der Waals surface area (Å²) in [6.07, 6.45) is 6.35. The van der Waals surface area contributed by atoms with Crippen molar-refractivity contribution in [1.29, 1.82) is 0 Å². The average Bonchev–Trinajstić information content (AvgIpc) is 2.66. The zero-order chi connectivity index (χ0) is 10.7. The molecule has 2 nitrogen and oxygen atoms in total. The lowest BCUT2D eigenvalue weighted by Crippen LogP contribution is -2.17. The summed E-state index contributed by atoms with van der Waals surface area (Å²) >= 11 is 3.77. The normalized spacial score (nSPS) is 27.9. The van der Waals surface area contributed by atoms with E-state index in [1.165, 1.54) is 12.0 Å². The van der Waals surface area contributed by atoms with Gasteiger partial charge in [0.25, 0.3) is 0 Å². The third kappa shape index (κ3) is 3.02. The zero-order valence-electron chi connectivity index (χ0n) is 8.90. The molecule has 0 amide bonds. The maximum absolute atomic E-state index is 5.58. The van der Waals surface area contributed by atoms with Gasteiger partial charge in [-0.3, -0.25) is 4.98 Å². The number of nitrogens with zero attached hydrogens (tertiary/aromatic N) is 1. The van der Waals surface area contributed by atoms with E-state index in [-0.39, 0.29) is 0 Å². The summed E-state index contributed by atoms with van der Waals surface area (Å²) in [4.78, 5) is 4.54. The molecule has 1 aliphatic heterocycles. The van der Waals surface area contributed by atoms with Crippen LogP contribution >= 0.6 is 15.9 Å². The highest BCUT2D eigenvalue weighted by molar-refractivity contribution is 9.09. The van der Waals surface area contributed by atoms with E-state index in [0.717, 1.165) is 13.0 Å². The van der Waals surface area contributed by atoms with Gasteiger partial charge in [0.15, 0.2) is 0 Å². The van der Waals surface area contributed by atoms with E-state index in [4.69, 9.17) is 4.74 Å². The molecule has 0 aliphatic carbocycles. The van der Waals surface area contributed by atoms with E-state index in [2.05, 4.69) is 40.0 Å². The maximum atomic E-state index is 5.58. The highest BCUT2D eigenvalue weighted by Crippen LogP contribution is 2.28. The van der Waals surface area contributed by atoms with E-state index < -0.39 is 0 Å². The van der Waals surface area contributed by atoms with Crippen molar-refractivity contribution in [3.05, 3.63) is 30.1 Å². The van der Waals surface area contributed by atoms with Crippen molar-refractivity contribution in [2.75, 3.05) is 6.61 Å². The standard InChI is InChI=1S/C12H16BrNO/c1-9-6-11(8-15-9)12(13)7-10-2-4-14-5-3-10/h2-5,9,11-12H,6-8H2,1H3. The van der Waals surface area contributed by atoms with E-state index in [1.54, 1.807) is 0 Å². The molecule has 3 unspecified atom stereocenters. The maximum Gasteiger partial charge on any atom is 0.0551 e. The molecule has 0 spiro atoms. The van der Waals surface area contributed by atoms with Crippen LogP contribution in [0.2, 0.25) is 0 Å². The van der Waals surface area contributed by atoms with Crippen molar-refractivity contribution >= 4 is 15.9 Å². The minimum atomic E-state index is 0.424. The summed E-state index contributed by atoms with van der Waals surface area (Å²) in [6, 6.07) is 4.15. The molecule has 1 aromatic rings. The van der Waals surface area contributed by atoms with Gasteiger partial charge in [-0.05, 0) is 43.4 Å². The third-order valence-corrected chi connectivity index (χ3v) is 3.99. The fourth-order valence-electron chi connectivity index (χ4n) is 2.01. The van der Waals surface area contributed by atoms with Crippen molar-refractivity contribution in [3.8, 4) is 0 Å². The number of aromatic nitrogens is 1. The van der Waals surface area contributed by atoms with Gasteiger partial charge in [-0.1, -0.05) is 15.9 Å². The fourth-order valence-corrected chi connectivity index (χ4v) is 2.76. The van der Waals surface area contributed by atoms with Crippen molar-refractivity contribution in [2.24, 2.45) is 5.92 Å². The van der Waals surface area contributed by atoms with Crippen molar-refractivity contribution in [3.63, 3.8) is 0 Å². The van der Waals surface area contributed by atoms with Crippen molar-refractivity contribution in [2.45, 2.75) is 30.7 Å². The topological polar surface area (TPSA) is 22.1 Å². The Hall–Kier alpha value is -0.410. The van der Waals surface area contributed by atoms with Gasteiger partial charge in [0.1, 0.15) is 0 Å². The monoisotopic (exact) mass is 269 g/mol. The molecule has 15 heavy (non-hydrogen) atoms. The average molecular weight is 270 g/mol. The number of hydrogen-bond acceptors (Lipinski definition) is 2. The van der Waals surface area contributed by atoms with E-state index in [0.29, 0.717) is 16.8 Å². The molecule has 0 aromatic carbocycles. The van der Waals surface area contributed by atoms with E-state index in [1.807, 2.05) is 12.4 Å². The largest absolute Gasteiger partial charge is 0.378 e. The first-order valence-corrected chi connectivity index (χ1v) is 6.32. The smallest absolute Gasteiger partial charge is 0.0551 e. The quantitative estimate of drug-likeness (QED) is 0.788. The minimum Gasteiger partial charge on any atom is -0.378 e. The molecule has 1 fully saturated rings. The van der Waals surface area contributed by atoms with Gasteiger partial charge in [0, 0.05) is 17.2 Å². The minimum absolute atomic E-state index is 0.424. The highest BCUT2D eigenvalue weighted by atomic mass is 79.9. The van der Waals surface area contributed by atoms with Crippen LogP contribution in [0.25, 0.3) is 0 Å². The molecule has 1 aromatic heterocycles. The Morgan fingerprint density at radius 3 is 2.87 bits per heavy atom. The number of rotatable bonds is 3. The van der Waals surface area contributed by atoms with Gasteiger partial charge < -0.3 is 4.74 Å². The van der Waals surface area contributed by atoms with Gasteiger partial charge in [-0.25, -0.2) is 0 Å². The van der Waals surface area contributed by atoms with E-state index >= 15 is 0 Å². The molecule has 3 atom stereocenters. The molecule has 0 bridgehead atoms. The van der Waals surface area contributed by atoms with Crippen LogP contribution in [0.5, 0.6) is 0 Å². The Labute approximate surface area is 99.2 Å². The first-order chi connectivity index (χ1) is 7.25. The summed E-state index contributed by atoms with van der Waals surface area (Å²) in [7, 11) is 0. The Morgan fingerprint density at radius 1 is 1.53 bits per heavy atom. The van der Waals surface area contributed by atoms with Crippen molar-refractivity contribution < 1.29 is 4.74 Å². The zero-order valence-corrected chi connectivity index (χ0v) is 10.5. The lowest BCUT2D eigenvalue weighted by Gasteiger charge is -2.15. The fraction of sp³-hybridized carbons (Fsp3) is 0.583. The lowest BCUT2D eigenvalue weighted by atomic mass is 9.97. The molecule has 82 valence electrons. The lowest BCUT2D eigenvalue weighted by molar-refractivity contribution is 0.120. The second-order valence-electron chi connectivity index (χ2n) is 4.22. The molecule has 1 saturated heterocycles. The number of halogens is 1. The van der Waals surface area contributed by atoms with Crippen LogP contribution in [-0.2, 0) is 11.2 Å². The number of alkyl halides is 1. The number of ether oxygens (including phenoxy) is 1. The molecule has 0 N–H and O–H groups in total.